The van der Waals surface area contributed by atoms with Crippen molar-refractivity contribution in [1.82, 2.24) is 0 Å². The molecule has 0 radical (unpaired) electrons. The van der Waals surface area contributed by atoms with E-state index in [1.54, 1.807) is 0 Å². The van der Waals surface area contributed by atoms with Crippen LogP contribution in [0.25, 0.3) is 0 Å². The van der Waals surface area contributed by atoms with E-state index in [0.29, 0.717) is 0 Å². The first kappa shape index (κ1) is 36.5. The maximum atomic E-state index is 9.98. The van der Waals surface area contributed by atoms with Gasteiger partial charge in [0.05, 0.1) is 25.2 Å². The number of carboxylic acid groups (broad SMARTS) is 2. The number of hydrogen-bond donors (Lipinski definition) is 10. The predicted molar refractivity (Wildman–Crippen MR) is 72.2 cm³/mol. The number of carboxylic acids is 2. The van der Waals surface area contributed by atoms with Crippen LogP contribution in [0.4, 0.5) is 0 Å². The summed E-state index contributed by atoms with van der Waals surface area (Å²) >= 11 is 0. The van der Waals surface area contributed by atoms with Crippen LogP contribution in [0.2, 0.25) is 0 Å². The summed E-state index contributed by atoms with van der Waals surface area (Å²) in [5.41, 5.74) is 0. The molecule has 0 aliphatic heterocycles. The van der Waals surface area contributed by atoms with Crippen molar-refractivity contribution in [3.63, 3.8) is 0 Å². The molecule has 0 rings (SSSR count). The molecule has 0 unspecified atom stereocenters. The number of carbonyl (C=O) groups excluding carboxylic acids is 2. The number of carbonyl (C=O) groups is 2. The summed E-state index contributed by atoms with van der Waals surface area (Å²) in [6.07, 6.45) is -16.2. The second-order valence-electron chi connectivity index (χ2n) is 4.99. The molecule has 0 fully saturated rings. The van der Waals surface area contributed by atoms with Crippen LogP contribution in [0.5, 0.6) is 0 Å². The first-order valence-electron chi connectivity index (χ1n) is 6.91. The SMILES string of the molecule is O=C([O-])[C@H](O)[C@@H](O)[C@@H](O)[C@H](O)CO.O=C([O-])[C@H](O)[C@@H](O)[C@@H](O)[C@H](O)CO.[K+].[Na+]. The minimum atomic E-state index is -2.31. The van der Waals surface area contributed by atoms with Gasteiger partial charge in [-0.3, -0.25) is 0 Å². The molecule has 28 heavy (non-hydrogen) atoms. The second kappa shape index (κ2) is 18.9. The summed E-state index contributed by atoms with van der Waals surface area (Å²) < 4.78 is 0. The zero-order valence-corrected chi connectivity index (χ0v) is 20.3. The smallest absolute Gasteiger partial charge is 0.547 e. The Morgan fingerprint density at radius 3 is 0.964 bits per heavy atom. The van der Waals surface area contributed by atoms with E-state index in [2.05, 4.69) is 0 Å². The molecular weight excluding hydrogens is 430 g/mol. The first-order valence-corrected chi connectivity index (χ1v) is 6.91. The molecule has 156 valence electrons. The molecule has 0 spiro atoms. The predicted octanol–water partition coefficient (Wildman–Crippen LogP) is -15.6. The first-order chi connectivity index (χ1) is 11.8. The van der Waals surface area contributed by atoms with Crippen molar-refractivity contribution in [3.8, 4) is 0 Å². The van der Waals surface area contributed by atoms with Crippen LogP contribution in [-0.4, -0.2) is 125 Å². The van der Waals surface area contributed by atoms with Crippen LogP contribution in [0.1, 0.15) is 0 Å². The number of hydrogen-bond acceptors (Lipinski definition) is 14. The third kappa shape index (κ3) is 13.5. The van der Waals surface area contributed by atoms with E-state index in [1.807, 2.05) is 0 Å². The molecule has 0 aromatic heterocycles. The van der Waals surface area contributed by atoms with Crippen molar-refractivity contribution >= 4 is 11.9 Å². The van der Waals surface area contributed by atoms with E-state index >= 15 is 0 Å². The number of aliphatic hydroxyl groups is 10. The molecule has 16 heteroatoms. The summed E-state index contributed by atoms with van der Waals surface area (Å²) in [7, 11) is 0. The summed E-state index contributed by atoms with van der Waals surface area (Å²) in [5.74, 6) is -3.95. The number of rotatable bonds is 10. The van der Waals surface area contributed by atoms with Crippen molar-refractivity contribution in [1.29, 1.82) is 0 Å². The second-order valence-corrected chi connectivity index (χ2v) is 4.99. The molecule has 0 amide bonds. The average molecular weight is 452 g/mol. The van der Waals surface area contributed by atoms with Crippen molar-refractivity contribution in [2.24, 2.45) is 0 Å². The van der Waals surface area contributed by atoms with Crippen LogP contribution in [0.3, 0.4) is 0 Å². The third-order valence-electron chi connectivity index (χ3n) is 2.99. The van der Waals surface area contributed by atoms with Crippen molar-refractivity contribution < 1.29 is 152 Å². The quantitative estimate of drug-likeness (QED) is 0.138. The summed E-state index contributed by atoms with van der Waals surface area (Å²) in [5, 5.41) is 107. The Morgan fingerprint density at radius 2 is 0.821 bits per heavy atom. The molecule has 0 aliphatic rings. The molecule has 0 saturated heterocycles. The van der Waals surface area contributed by atoms with Gasteiger partial charge >= 0.3 is 80.9 Å². The van der Waals surface area contributed by atoms with Crippen LogP contribution in [0.15, 0.2) is 0 Å². The fraction of sp³-hybridized carbons (Fsp3) is 0.833. The normalized spacial score (nSPS) is 18.9. The Hall–Kier alpha value is 1.18. The van der Waals surface area contributed by atoms with Gasteiger partial charge in [-0.05, 0) is 0 Å². The number of aliphatic hydroxyl groups excluding tert-OH is 10. The summed E-state index contributed by atoms with van der Waals surface area (Å²) in [6.45, 7) is -1.73. The number of aliphatic carboxylic acids is 2. The van der Waals surface area contributed by atoms with Crippen molar-refractivity contribution in [3.05, 3.63) is 0 Å². The van der Waals surface area contributed by atoms with Crippen LogP contribution in [0, 0.1) is 0 Å². The van der Waals surface area contributed by atoms with Gasteiger partial charge in [-0.15, -0.1) is 0 Å². The van der Waals surface area contributed by atoms with Gasteiger partial charge in [0.15, 0.2) is 0 Å². The fourth-order valence-corrected chi connectivity index (χ4v) is 1.32. The largest absolute Gasteiger partial charge is 1.00 e. The topological polar surface area (TPSA) is 283 Å². The molecule has 10 N–H and O–H groups in total. The molecule has 0 aliphatic carbocycles. The van der Waals surface area contributed by atoms with E-state index in [1.165, 1.54) is 0 Å². The van der Waals surface area contributed by atoms with Crippen LogP contribution >= 0.6 is 0 Å². The molecule has 0 heterocycles. The van der Waals surface area contributed by atoms with Gasteiger partial charge in [-0.25, -0.2) is 0 Å². The van der Waals surface area contributed by atoms with Gasteiger partial charge < -0.3 is 70.9 Å². The van der Waals surface area contributed by atoms with Gasteiger partial charge in [-0.1, -0.05) is 0 Å². The van der Waals surface area contributed by atoms with Crippen LogP contribution < -0.4 is 91.2 Å². The molecule has 14 nitrogen and oxygen atoms in total. The Bertz CT molecular complexity index is 391. The van der Waals surface area contributed by atoms with Gasteiger partial charge in [0, 0.05) is 0 Å². The van der Waals surface area contributed by atoms with Gasteiger partial charge in [0.2, 0.25) is 0 Å². The Morgan fingerprint density at radius 1 is 0.607 bits per heavy atom. The van der Waals surface area contributed by atoms with Crippen LogP contribution in [-0.2, 0) is 9.59 Å². The van der Waals surface area contributed by atoms with Crippen molar-refractivity contribution in [2.45, 2.75) is 48.8 Å². The molecular formula is C12H22KNaO14. The summed E-state index contributed by atoms with van der Waals surface area (Å²) in [6, 6.07) is 0. The molecule has 8 atom stereocenters. The molecule has 0 aromatic carbocycles. The van der Waals surface area contributed by atoms with E-state index < -0.39 is 74.0 Å². The van der Waals surface area contributed by atoms with E-state index in [4.69, 9.17) is 51.1 Å². The monoisotopic (exact) mass is 452 g/mol. The van der Waals surface area contributed by atoms with E-state index in [9.17, 15) is 19.8 Å². The molecule has 0 saturated carbocycles. The third-order valence-corrected chi connectivity index (χ3v) is 2.99. The van der Waals surface area contributed by atoms with Gasteiger partial charge in [0.1, 0.15) is 48.8 Å². The van der Waals surface area contributed by atoms with E-state index in [0.717, 1.165) is 0 Å². The molecule has 0 bridgehead atoms. The maximum Gasteiger partial charge on any atom is 1.00 e. The van der Waals surface area contributed by atoms with Gasteiger partial charge in [-0.2, -0.15) is 0 Å². The maximum absolute atomic E-state index is 9.98. The Kier molecular flexibility index (Phi) is 24.7. The van der Waals surface area contributed by atoms with Gasteiger partial charge in [0.25, 0.3) is 0 Å². The standard InChI is InChI=1S/2C6H12O7.K.Na/c2*7-1-2(8)3(9)4(10)5(11)6(12)13;;/h2*2-5,7-11H,1H2,(H,12,13);;/q;;2*+1/p-2/t2*2-,3+,4+,5-;;/m11../s1. The fourth-order valence-electron chi connectivity index (χ4n) is 1.32. The Balaban J connectivity index is -0.000000192. The minimum Gasteiger partial charge on any atom is -0.547 e. The van der Waals surface area contributed by atoms with Crippen molar-refractivity contribution in [2.75, 3.05) is 13.2 Å². The minimum absolute atomic E-state index is 0. The Labute approximate surface area is 223 Å². The average Bonchev–Trinajstić information content (AvgIpc) is 2.62. The zero-order chi connectivity index (χ0) is 21.2. The summed E-state index contributed by atoms with van der Waals surface area (Å²) in [4.78, 5) is 20.0. The van der Waals surface area contributed by atoms with E-state index in [-0.39, 0.29) is 80.9 Å². The molecule has 0 aromatic rings. The zero-order valence-electron chi connectivity index (χ0n) is 15.1.